The second-order valence-electron chi connectivity index (χ2n) is 8.56. The first kappa shape index (κ1) is 21.5. The second kappa shape index (κ2) is 8.96. The number of anilines is 1. The van der Waals surface area contributed by atoms with Crippen LogP contribution in [0.15, 0.2) is 88.1 Å². The van der Waals surface area contributed by atoms with Gasteiger partial charge in [0.05, 0.1) is 0 Å². The Bertz CT molecular complexity index is 1420. The number of ketones is 1. The first-order valence-electron chi connectivity index (χ1n) is 11.4. The lowest BCUT2D eigenvalue weighted by Crippen LogP contribution is -2.31. The van der Waals surface area contributed by atoms with Crippen molar-refractivity contribution in [2.75, 3.05) is 11.6 Å². The Kier molecular flexibility index (Phi) is 5.67. The molecule has 1 aliphatic carbocycles. The molecule has 1 aliphatic heterocycles. The zero-order valence-electron chi connectivity index (χ0n) is 18.8. The highest BCUT2D eigenvalue weighted by Gasteiger charge is 2.36. The van der Waals surface area contributed by atoms with E-state index in [2.05, 4.69) is 78.3 Å². The Morgan fingerprint density at radius 1 is 1.03 bits per heavy atom. The van der Waals surface area contributed by atoms with Gasteiger partial charge in [0.2, 0.25) is 11.1 Å². The third kappa shape index (κ3) is 3.83. The van der Waals surface area contributed by atoms with Crippen molar-refractivity contribution >= 4 is 46.0 Å². The van der Waals surface area contributed by atoms with Crippen LogP contribution in [0.2, 0.25) is 0 Å². The number of hydrogen-bond donors (Lipinski definition) is 1. The third-order valence-corrected chi connectivity index (χ3v) is 8.15. The van der Waals surface area contributed by atoms with E-state index < -0.39 is 0 Å². The number of carbonyl (C=O) groups excluding carboxylic acids is 1. The molecule has 170 valence electrons. The van der Waals surface area contributed by atoms with Crippen LogP contribution in [0.4, 0.5) is 5.95 Å². The highest BCUT2D eigenvalue weighted by Crippen LogP contribution is 2.41. The number of benzene rings is 3. The Labute approximate surface area is 207 Å². The van der Waals surface area contributed by atoms with Gasteiger partial charge in [-0.2, -0.15) is 4.98 Å². The zero-order chi connectivity index (χ0) is 23.1. The molecule has 0 spiro atoms. The molecule has 4 aromatic rings. The predicted molar refractivity (Wildman–Crippen MR) is 139 cm³/mol. The van der Waals surface area contributed by atoms with Crippen LogP contribution in [0.1, 0.15) is 36.4 Å². The number of nitrogens with one attached hydrogen (secondary N) is 1. The number of aromatic nitrogens is 3. The Morgan fingerprint density at radius 3 is 2.71 bits per heavy atom. The van der Waals surface area contributed by atoms with Crippen LogP contribution < -0.4 is 5.32 Å². The molecule has 7 heteroatoms. The van der Waals surface area contributed by atoms with E-state index >= 15 is 0 Å². The Hall–Kier alpha value is -3.03. The van der Waals surface area contributed by atoms with E-state index in [0.29, 0.717) is 17.5 Å². The van der Waals surface area contributed by atoms with E-state index in [1.165, 1.54) is 21.2 Å². The molecule has 0 saturated heterocycles. The number of hydrogen-bond acceptors (Lipinski definition) is 6. The molecule has 1 unspecified atom stereocenters. The zero-order valence-corrected chi connectivity index (χ0v) is 20.5. The van der Waals surface area contributed by atoms with E-state index in [0.717, 1.165) is 35.4 Å². The van der Waals surface area contributed by atoms with E-state index in [1.807, 2.05) is 4.68 Å². The van der Waals surface area contributed by atoms with Gasteiger partial charge in [0, 0.05) is 28.3 Å². The van der Waals surface area contributed by atoms with Crippen LogP contribution in [0.3, 0.4) is 0 Å². The van der Waals surface area contributed by atoms with Crippen LogP contribution in [0.5, 0.6) is 0 Å². The number of thioether (sulfide) groups is 2. The Balaban J connectivity index is 1.35. The molecule has 0 saturated carbocycles. The number of fused-ring (bicyclic) bond motifs is 2. The summed E-state index contributed by atoms with van der Waals surface area (Å²) in [7, 11) is 0. The molecule has 3 aromatic carbocycles. The highest BCUT2D eigenvalue weighted by atomic mass is 32.2. The summed E-state index contributed by atoms with van der Waals surface area (Å²) < 4.78 is 1.90. The lowest BCUT2D eigenvalue weighted by molar-refractivity contribution is -0.116. The highest BCUT2D eigenvalue weighted by molar-refractivity contribution is 7.98. The van der Waals surface area contributed by atoms with Crippen molar-refractivity contribution in [3.8, 4) is 0 Å². The number of allylic oxidation sites excluding steroid dienone is 2. The van der Waals surface area contributed by atoms with Gasteiger partial charge in [-0.05, 0) is 53.1 Å². The average Bonchev–Trinajstić information content (AvgIpc) is 3.29. The molecule has 0 bridgehead atoms. The second-order valence-corrected chi connectivity index (χ2v) is 10.4. The fraction of sp³-hybridized carbons (Fsp3) is 0.222. The van der Waals surface area contributed by atoms with Gasteiger partial charge in [-0.25, -0.2) is 4.68 Å². The molecule has 34 heavy (non-hydrogen) atoms. The van der Waals surface area contributed by atoms with Crippen LogP contribution in [0.25, 0.3) is 10.8 Å². The quantitative estimate of drug-likeness (QED) is 0.328. The van der Waals surface area contributed by atoms with Crippen LogP contribution in [0, 0.1) is 0 Å². The molecule has 2 aliphatic rings. The molecule has 0 radical (unpaired) electrons. The minimum atomic E-state index is -0.241. The summed E-state index contributed by atoms with van der Waals surface area (Å²) in [5.74, 6) is 1.70. The largest absolute Gasteiger partial charge is 0.328 e. The number of nitrogens with zero attached hydrogens (tertiary/aromatic N) is 3. The standard InChI is InChI=1S/C27H24N4OS2/c1-33-20-14-12-18(13-15-20)25-24-22(10-5-11-23(24)32)28-26-29-27(30-31(25)26)34-16-19-8-4-7-17-6-2-3-9-21(17)19/h2-4,6-9,12-15,25H,5,10-11,16H2,1H3,(H,28,29,30). The molecule has 5 nitrogen and oxygen atoms in total. The minimum Gasteiger partial charge on any atom is -0.328 e. The summed E-state index contributed by atoms with van der Waals surface area (Å²) in [6, 6.07) is 23.1. The average molecular weight is 485 g/mol. The lowest BCUT2D eigenvalue weighted by atomic mass is 9.85. The maximum absolute atomic E-state index is 13.0. The van der Waals surface area contributed by atoms with E-state index in [4.69, 9.17) is 10.1 Å². The first-order valence-corrected chi connectivity index (χ1v) is 13.7. The van der Waals surface area contributed by atoms with Gasteiger partial charge in [-0.3, -0.25) is 4.79 Å². The van der Waals surface area contributed by atoms with E-state index in [-0.39, 0.29) is 11.8 Å². The molecule has 1 aromatic heterocycles. The topological polar surface area (TPSA) is 59.8 Å². The van der Waals surface area contributed by atoms with Gasteiger partial charge in [-0.1, -0.05) is 66.4 Å². The molecule has 6 rings (SSSR count). The van der Waals surface area contributed by atoms with Crippen LogP contribution in [-0.4, -0.2) is 26.8 Å². The summed E-state index contributed by atoms with van der Waals surface area (Å²) >= 11 is 3.34. The normalized spacial score (nSPS) is 17.4. The van der Waals surface area contributed by atoms with E-state index in [1.54, 1.807) is 23.5 Å². The summed E-state index contributed by atoms with van der Waals surface area (Å²) in [5, 5.41) is 11.5. The van der Waals surface area contributed by atoms with Crippen molar-refractivity contribution < 1.29 is 4.79 Å². The SMILES string of the molecule is CSc1ccc(C2C3=C(CCCC3=O)Nc3nc(SCc4cccc5ccccc45)nn32)cc1. The smallest absolute Gasteiger partial charge is 0.227 e. The molecule has 2 heterocycles. The molecule has 0 fully saturated rings. The molecule has 1 N–H and O–H groups in total. The van der Waals surface area contributed by atoms with Gasteiger partial charge in [0.1, 0.15) is 6.04 Å². The van der Waals surface area contributed by atoms with Crippen molar-refractivity contribution in [1.82, 2.24) is 14.8 Å². The summed E-state index contributed by atoms with van der Waals surface area (Å²) in [4.78, 5) is 19.0. The van der Waals surface area contributed by atoms with Crippen LogP contribution >= 0.6 is 23.5 Å². The first-order chi connectivity index (χ1) is 16.7. The van der Waals surface area contributed by atoms with Crippen molar-refractivity contribution in [3.05, 3.63) is 89.1 Å². The maximum Gasteiger partial charge on any atom is 0.227 e. The fourth-order valence-corrected chi connectivity index (χ4v) is 6.09. The summed E-state index contributed by atoms with van der Waals surface area (Å²) in [5.41, 5.74) is 4.17. The number of carbonyl (C=O) groups is 1. The minimum absolute atomic E-state index is 0.207. The van der Waals surface area contributed by atoms with Gasteiger partial charge < -0.3 is 5.32 Å². The fourth-order valence-electron chi connectivity index (χ4n) is 4.85. The molecular formula is C27H24N4OS2. The van der Waals surface area contributed by atoms with Crippen LogP contribution in [-0.2, 0) is 10.5 Å². The molecular weight excluding hydrogens is 460 g/mol. The van der Waals surface area contributed by atoms with Gasteiger partial charge in [0.15, 0.2) is 5.78 Å². The van der Waals surface area contributed by atoms with Crippen molar-refractivity contribution in [1.29, 1.82) is 0 Å². The van der Waals surface area contributed by atoms with Crippen molar-refractivity contribution in [3.63, 3.8) is 0 Å². The number of Topliss-reactive ketones (excluding diaryl/α,β-unsaturated/α-hetero) is 1. The molecule has 1 atom stereocenters. The van der Waals surface area contributed by atoms with Crippen molar-refractivity contribution in [2.24, 2.45) is 0 Å². The maximum atomic E-state index is 13.0. The van der Waals surface area contributed by atoms with Crippen molar-refractivity contribution in [2.45, 2.75) is 41.1 Å². The number of rotatable bonds is 5. The van der Waals surface area contributed by atoms with Gasteiger partial charge in [0.25, 0.3) is 0 Å². The third-order valence-electron chi connectivity index (χ3n) is 6.52. The Morgan fingerprint density at radius 2 is 1.85 bits per heavy atom. The summed E-state index contributed by atoms with van der Waals surface area (Å²) in [6.07, 6.45) is 4.40. The predicted octanol–water partition coefficient (Wildman–Crippen LogP) is 6.47. The summed E-state index contributed by atoms with van der Waals surface area (Å²) in [6.45, 7) is 0. The van der Waals surface area contributed by atoms with Gasteiger partial charge in [-0.15, -0.1) is 16.9 Å². The monoisotopic (exact) mass is 484 g/mol. The van der Waals surface area contributed by atoms with E-state index in [9.17, 15) is 4.79 Å². The molecule has 0 amide bonds. The lowest BCUT2D eigenvalue weighted by Gasteiger charge is -2.32. The van der Waals surface area contributed by atoms with Gasteiger partial charge >= 0.3 is 0 Å².